The Labute approximate surface area is 116 Å². The van der Waals surface area contributed by atoms with Gasteiger partial charge in [-0.2, -0.15) is 4.31 Å². The number of carboxylic acids is 1. The highest BCUT2D eigenvalue weighted by Crippen LogP contribution is 2.23. The Morgan fingerprint density at radius 3 is 2.50 bits per heavy atom. The zero-order valence-electron chi connectivity index (χ0n) is 10.6. The van der Waals surface area contributed by atoms with Crippen LogP contribution in [0.5, 0.6) is 5.75 Å². The normalized spacial score (nSPS) is 19.9. The molecule has 1 aromatic carbocycles. The summed E-state index contributed by atoms with van der Waals surface area (Å²) >= 11 is 0. The van der Waals surface area contributed by atoms with Crippen LogP contribution >= 0.6 is 0 Å². The van der Waals surface area contributed by atoms with Crippen LogP contribution in [0.4, 0.5) is 0 Å². The van der Waals surface area contributed by atoms with E-state index in [0.29, 0.717) is 13.0 Å². The Hall–Kier alpha value is -1.64. The van der Waals surface area contributed by atoms with E-state index in [1.165, 1.54) is 28.6 Å². The molecule has 1 aromatic rings. The number of hydrogen-bond acceptors (Lipinski definition) is 5. The molecule has 1 atom stereocenters. The molecule has 1 fully saturated rings. The molecule has 20 heavy (non-hydrogen) atoms. The topological polar surface area (TPSA) is 104 Å². The number of hydrogen-bond donors (Lipinski definition) is 2. The van der Waals surface area contributed by atoms with Gasteiger partial charge in [0.15, 0.2) is 6.61 Å². The fraction of sp³-hybridized carbons (Fsp3) is 0.417. The zero-order chi connectivity index (χ0) is 14.8. The molecular formula is C12H15NO6S. The van der Waals surface area contributed by atoms with Crippen molar-refractivity contribution in [2.24, 2.45) is 0 Å². The lowest BCUT2D eigenvalue weighted by atomic mass is 10.3. The van der Waals surface area contributed by atoms with Crippen molar-refractivity contribution in [3.8, 4) is 5.75 Å². The molecule has 2 N–H and O–H groups in total. The molecule has 0 bridgehead atoms. The van der Waals surface area contributed by atoms with E-state index in [4.69, 9.17) is 9.84 Å². The van der Waals surface area contributed by atoms with Gasteiger partial charge in [-0.05, 0) is 30.7 Å². The molecule has 1 heterocycles. The van der Waals surface area contributed by atoms with Gasteiger partial charge in [-0.15, -0.1) is 0 Å². The SMILES string of the molecule is O=C(O)COc1ccc(S(=O)(=O)N2CC[C@H](O)C2)cc1. The third kappa shape index (κ3) is 3.27. The molecule has 0 saturated carbocycles. The van der Waals surface area contributed by atoms with E-state index in [1.54, 1.807) is 0 Å². The van der Waals surface area contributed by atoms with Gasteiger partial charge in [-0.3, -0.25) is 0 Å². The van der Waals surface area contributed by atoms with Crippen LogP contribution in [0.3, 0.4) is 0 Å². The van der Waals surface area contributed by atoms with Crippen LogP contribution < -0.4 is 4.74 Å². The molecule has 0 radical (unpaired) electrons. The number of carbonyl (C=O) groups is 1. The monoisotopic (exact) mass is 301 g/mol. The summed E-state index contributed by atoms with van der Waals surface area (Å²) < 4.78 is 30.6. The highest BCUT2D eigenvalue weighted by Gasteiger charge is 2.31. The molecule has 1 saturated heterocycles. The van der Waals surface area contributed by atoms with Crippen LogP contribution in [0.2, 0.25) is 0 Å². The molecule has 0 aliphatic carbocycles. The Morgan fingerprint density at radius 2 is 2.00 bits per heavy atom. The first-order chi connectivity index (χ1) is 9.39. The number of β-amino-alcohol motifs (C(OH)–C–C–N with tert-alkyl or cyclic N) is 1. The van der Waals surface area contributed by atoms with Crippen molar-refractivity contribution in [3.05, 3.63) is 24.3 Å². The lowest BCUT2D eigenvalue weighted by Crippen LogP contribution is -2.29. The van der Waals surface area contributed by atoms with Gasteiger partial charge in [0, 0.05) is 13.1 Å². The van der Waals surface area contributed by atoms with Gasteiger partial charge < -0.3 is 14.9 Å². The first-order valence-corrected chi connectivity index (χ1v) is 7.46. The van der Waals surface area contributed by atoms with E-state index < -0.39 is 28.7 Å². The zero-order valence-corrected chi connectivity index (χ0v) is 11.4. The van der Waals surface area contributed by atoms with Gasteiger partial charge in [0.25, 0.3) is 0 Å². The van der Waals surface area contributed by atoms with Crippen LogP contribution in [0.15, 0.2) is 29.2 Å². The third-order valence-electron chi connectivity index (χ3n) is 2.95. The fourth-order valence-electron chi connectivity index (χ4n) is 1.93. The second-order valence-corrected chi connectivity index (χ2v) is 6.40. The third-order valence-corrected chi connectivity index (χ3v) is 4.83. The van der Waals surface area contributed by atoms with Gasteiger partial charge in [-0.25, -0.2) is 13.2 Å². The van der Waals surface area contributed by atoms with Crippen molar-refractivity contribution in [3.63, 3.8) is 0 Å². The van der Waals surface area contributed by atoms with E-state index >= 15 is 0 Å². The Balaban J connectivity index is 2.11. The molecule has 0 aromatic heterocycles. The average molecular weight is 301 g/mol. The largest absolute Gasteiger partial charge is 0.482 e. The number of nitrogens with zero attached hydrogens (tertiary/aromatic N) is 1. The molecule has 0 unspecified atom stereocenters. The van der Waals surface area contributed by atoms with Gasteiger partial charge in [0.1, 0.15) is 5.75 Å². The van der Waals surface area contributed by atoms with Crippen LogP contribution in [0.25, 0.3) is 0 Å². The lowest BCUT2D eigenvalue weighted by Gasteiger charge is -2.15. The fourth-order valence-corrected chi connectivity index (χ4v) is 3.42. The second-order valence-electron chi connectivity index (χ2n) is 4.46. The minimum Gasteiger partial charge on any atom is -0.482 e. The van der Waals surface area contributed by atoms with Gasteiger partial charge >= 0.3 is 5.97 Å². The molecule has 0 spiro atoms. The first kappa shape index (κ1) is 14.8. The highest BCUT2D eigenvalue weighted by atomic mass is 32.2. The molecule has 1 aliphatic heterocycles. The summed E-state index contributed by atoms with van der Waals surface area (Å²) in [7, 11) is -3.62. The number of sulfonamides is 1. The Bertz CT molecular complexity index is 582. The van der Waals surface area contributed by atoms with E-state index in [2.05, 4.69) is 0 Å². The van der Waals surface area contributed by atoms with Crippen LogP contribution in [0, 0.1) is 0 Å². The average Bonchev–Trinajstić information content (AvgIpc) is 2.84. The van der Waals surface area contributed by atoms with Crippen LogP contribution in [-0.2, 0) is 14.8 Å². The first-order valence-electron chi connectivity index (χ1n) is 6.02. The number of rotatable bonds is 5. The predicted molar refractivity (Wildman–Crippen MR) is 69.0 cm³/mol. The quantitative estimate of drug-likeness (QED) is 0.787. The van der Waals surface area contributed by atoms with Crippen molar-refractivity contribution >= 4 is 16.0 Å². The van der Waals surface area contributed by atoms with E-state index in [-0.39, 0.29) is 17.2 Å². The van der Waals surface area contributed by atoms with Crippen molar-refractivity contribution in [1.29, 1.82) is 0 Å². The highest BCUT2D eigenvalue weighted by molar-refractivity contribution is 7.89. The van der Waals surface area contributed by atoms with Gasteiger partial charge in [0.05, 0.1) is 11.0 Å². The lowest BCUT2D eigenvalue weighted by molar-refractivity contribution is -0.139. The maximum Gasteiger partial charge on any atom is 0.341 e. The second kappa shape index (κ2) is 5.78. The summed E-state index contributed by atoms with van der Waals surface area (Å²) in [6, 6.07) is 5.53. The molecule has 7 nitrogen and oxygen atoms in total. The molecule has 1 aliphatic rings. The van der Waals surface area contributed by atoms with Crippen molar-refractivity contribution in [2.75, 3.05) is 19.7 Å². The maximum atomic E-state index is 12.2. The maximum absolute atomic E-state index is 12.2. The van der Waals surface area contributed by atoms with E-state index in [1.807, 2.05) is 0 Å². The number of carboxylic acid groups (broad SMARTS) is 1. The van der Waals surface area contributed by atoms with Gasteiger partial charge in [-0.1, -0.05) is 0 Å². The number of aliphatic carboxylic acids is 1. The summed E-state index contributed by atoms with van der Waals surface area (Å²) in [6.07, 6.45) is -0.193. The molecule has 110 valence electrons. The number of benzene rings is 1. The summed E-state index contributed by atoms with van der Waals surface area (Å²) in [5, 5.41) is 17.9. The predicted octanol–water partition coefficient (Wildman–Crippen LogP) is -0.0947. The van der Waals surface area contributed by atoms with Crippen molar-refractivity contribution < 1.29 is 28.2 Å². The minimum absolute atomic E-state index is 0.0919. The van der Waals surface area contributed by atoms with Gasteiger partial charge in [0.2, 0.25) is 10.0 Å². The number of aliphatic hydroxyl groups is 1. The Morgan fingerprint density at radius 1 is 1.35 bits per heavy atom. The Kier molecular flexibility index (Phi) is 4.26. The van der Waals surface area contributed by atoms with E-state index in [9.17, 15) is 18.3 Å². The number of aliphatic hydroxyl groups excluding tert-OH is 1. The smallest absolute Gasteiger partial charge is 0.341 e. The minimum atomic E-state index is -3.62. The molecule has 2 rings (SSSR count). The summed E-state index contributed by atoms with van der Waals surface area (Å²) in [6.45, 7) is -0.0925. The number of ether oxygens (including phenoxy) is 1. The van der Waals surface area contributed by atoms with Crippen molar-refractivity contribution in [1.82, 2.24) is 4.31 Å². The standard InChI is InChI=1S/C12H15NO6S/c14-9-5-6-13(7-9)20(17,18)11-3-1-10(2-4-11)19-8-12(15)16/h1-4,9,14H,5-8H2,(H,15,16)/t9-/m0/s1. The summed E-state index contributed by atoms with van der Waals surface area (Å²) in [5.74, 6) is -0.819. The summed E-state index contributed by atoms with van der Waals surface area (Å²) in [4.78, 5) is 10.4. The molecule has 0 amide bonds. The molecular weight excluding hydrogens is 286 g/mol. The van der Waals surface area contributed by atoms with Crippen LogP contribution in [0.1, 0.15) is 6.42 Å². The van der Waals surface area contributed by atoms with Crippen molar-refractivity contribution in [2.45, 2.75) is 17.4 Å². The molecule has 8 heteroatoms. The van der Waals surface area contributed by atoms with E-state index in [0.717, 1.165) is 0 Å². The van der Waals surface area contributed by atoms with Crippen LogP contribution in [-0.4, -0.2) is 54.7 Å². The summed E-state index contributed by atoms with van der Waals surface area (Å²) in [5.41, 5.74) is 0.